The van der Waals surface area contributed by atoms with Crippen molar-refractivity contribution in [3.8, 4) is 0 Å². The third-order valence-electron chi connectivity index (χ3n) is 2.66. The summed E-state index contributed by atoms with van der Waals surface area (Å²) < 4.78 is 1.77. The number of nitrogens with one attached hydrogen (secondary N) is 2. The highest BCUT2D eigenvalue weighted by Crippen LogP contribution is 2.26. The first-order valence-corrected chi connectivity index (χ1v) is 6.58. The fraction of sp³-hybridized carbons (Fsp3) is 0.182. The number of fused-ring (bicyclic) bond motifs is 1. The van der Waals surface area contributed by atoms with E-state index < -0.39 is 0 Å². The molecule has 3 rings (SSSR count). The van der Waals surface area contributed by atoms with Crippen LogP contribution in [-0.2, 0) is 13.6 Å². The van der Waals surface area contributed by atoms with Crippen molar-refractivity contribution in [2.75, 3.05) is 10.7 Å². The molecule has 8 heteroatoms. The monoisotopic (exact) mass is 275 g/mol. The molecule has 0 radical (unpaired) electrons. The minimum Gasteiger partial charge on any atom is -0.364 e. The number of hydrazine groups is 1. The molecule has 7 nitrogen and oxygen atoms in total. The van der Waals surface area contributed by atoms with E-state index in [2.05, 4.69) is 25.8 Å². The minimum atomic E-state index is 0.401. The summed E-state index contributed by atoms with van der Waals surface area (Å²) in [5, 5.41) is 10.5. The molecular formula is C11H13N7S. The van der Waals surface area contributed by atoms with Crippen LogP contribution in [0.1, 0.15) is 5.69 Å². The van der Waals surface area contributed by atoms with Gasteiger partial charge in [0.2, 0.25) is 5.95 Å². The van der Waals surface area contributed by atoms with Gasteiger partial charge in [-0.2, -0.15) is 10.1 Å². The molecule has 0 aromatic carbocycles. The van der Waals surface area contributed by atoms with Crippen LogP contribution in [0.3, 0.4) is 0 Å². The van der Waals surface area contributed by atoms with Crippen LogP contribution in [0, 0.1) is 0 Å². The molecule has 0 saturated carbocycles. The Morgan fingerprint density at radius 1 is 1.37 bits per heavy atom. The number of nitrogens with two attached hydrogens (primary N) is 1. The van der Waals surface area contributed by atoms with Gasteiger partial charge >= 0.3 is 0 Å². The molecule has 0 unspecified atom stereocenters. The van der Waals surface area contributed by atoms with Crippen molar-refractivity contribution in [1.29, 1.82) is 0 Å². The van der Waals surface area contributed by atoms with Crippen LogP contribution in [0.2, 0.25) is 0 Å². The summed E-state index contributed by atoms with van der Waals surface area (Å²) in [4.78, 5) is 9.51. The number of nitrogens with zero attached hydrogens (tertiary/aromatic N) is 4. The van der Waals surface area contributed by atoms with Crippen LogP contribution in [0.4, 0.5) is 11.8 Å². The van der Waals surface area contributed by atoms with E-state index in [0.29, 0.717) is 12.5 Å². The number of hydrogen-bond donors (Lipinski definition) is 3. The minimum absolute atomic E-state index is 0.401. The zero-order chi connectivity index (χ0) is 13.2. The zero-order valence-electron chi connectivity index (χ0n) is 10.3. The fourth-order valence-electron chi connectivity index (χ4n) is 1.79. The van der Waals surface area contributed by atoms with E-state index in [1.165, 1.54) is 0 Å². The maximum atomic E-state index is 5.38. The highest BCUT2D eigenvalue weighted by atomic mass is 32.1. The lowest BCUT2D eigenvalue weighted by molar-refractivity contribution is 0.747. The molecule has 3 aromatic heterocycles. The average Bonchev–Trinajstić information content (AvgIpc) is 3.04. The molecule has 4 N–H and O–H groups in total. The Kier molecular flexibility index (Phi) is 3.02. The highest BCUT2D eigenvalue weighted by molar-refractivity contribution is 7.16. The Balaban J connectivity index is 1.88. The molecule has 19 heavy (non-hydrogen) atoms. The van der Waals surface area contributed by atoms with Gasteiger partial charge in [-0.25, -0.2) is 10.8 Å². The molecule has 3 heterocycles. The van der Waals surface area contributed by atoms with Gasteiger partial charge in [-0.15, -0.1) is 11.3 Å². The predicted octanol–water partition coefficient (Wildman–Crippen LogP) is 1.32. The Morgan fingerprint density at radius 2 is 2.26 bits per heavy atom. The molecule has 0 fully saturated rings. The van der Waals surface area contributed by atoms with Crippen LogP contribution in [0.15, 0.2) is 23.7 Å². The van der Waals surface area contributed by atoms with E-state index in [0.717, 1.165) is 21.7 Å². The quantitative estimate of drug-likeness (QED) is 0.491. The zero-order valence-corrected chi connectivity index (χ0v) is 11.1. The molecule has 0 aliphatic heterocycles. The van der Waals surface area contributed by atoms with E-state index in [1.54, 1.807) is 16.0 Å². The van der Waals surface area contributed by atoms with Gasteiger partial charge in [-0.1, -0.05) is 0 Å². The van der Waals surface area contributed by atoms with Gasteiger partial charge in [0.15, 0.2) is 0 Å². The van der Waals surface area contributed by atoms with Crippen molar-refractivity contribution in [2.45, 2.75) is 6.54 Å². The topological polar surface area (TPSA) is 93.7 Å². The first kappa shape index (κ1) is 11.9. The lowest BCUT2D eigenvalue weighted by Crippen LogP contribution is -2.12. The van der Waals surface area contributed by atoms with Gasteiger partial charge < -0.3 is 5.32 Å². The summed E-state index contributed by atoms with van der Waals surface area (Å²) in [6.07, 6.45) is 1.91. The molecule has 0 spiro atoms. The number of rotatable bonds is 4. The normalized spacial score (nSPS) is 10.8. The summed E-state index contributed by atoms with van der Waals surface area (Å²) in [7, 11) is 1.89. The second kappa shape index (κ2) is 4.82. The van der Waals surface area contributed by atoms with E-state index in [9.17, 15) is 0 Å². The van der Waals surface area contributed by atoms with Crippen molar-refractivity contribution in [3.05, 3.63) is 29.4 Å². The molecule has 98 valence electrons. The summed E-state index contributed by atoms with van der Waals surface area (Å²) >= 11 is 1.55. The molecular weight excluding hydrogens is 262 g/mol. The Morgan fingerprint density at radius 3 is 3.00 bits per heavy atom. The summed E-state index contributed by atoms with van der Waals surface area (Å²) in [5.74, 6) is 6.53. The predicted molar refractivity (Wildman–Crippen MR) is 75.8 cm³/mol. The van der Waals surface area contributed by atoms with Gasteiger partial charge in [0.05, 0.1) is 17.6 Å². The van der Waals surface area contributed by atoms with Gasteiger partial charge in [-0.3, -0.25) is 10.1 Å². The van der Waals surface area contributed by atoms with Gasteiger partial charge in [0.25, 0.3) is 0 Å². The van der Waals surface area contributed by atoms with Crippen LogP contribution in [0.25, 0.3) is 10.2 Å². The van der Waals surface area contributed by atoms with E-state index in [4.69, 9.17) is 5.84 Å². The second-order valence-electron chi connectivity index (χ2n) is 4.01. The molecule has 0 saturated heterocycles. The van der Waals surface area contributed by atoms with Crippen LogP contribution in [0.5, 0.6) is 0 Å². The average molecular weight is 275 g/mol. The number of nitrogen functional groups attached to an aromatic ring is 1. The van der Waals surface area contributed by atoms with Crippen molar-refractivity contribution >= 4 is 33.3 Å². The summed E-state index contributed by atoms with van der Waals surface area (Å²) in [6, 6.07) is 3.95. The largest absolute Gasteiger partial charge is 0.364 e. The third kappa shape index (κ3) is 2.35. The highest BCUT2D eigenvalue weighted by Gasteiger charge is 2.08. The van der Waals surface area contributed by atoms with E-state index in [1.807, 2.05) is 30.8 Å². The van der Waals surface area contributed by atoms with Crippen molar-refractivity contribution in [2.24, 2.45) is 12.9 Å². The Labute approximate surface area is 113 Å². The van der Waals surface area contributed by atoms with Crippen LogP contribution in [-0.4, -0.2) is 19.7 Å². The molecule has 3 aromatic rings. The van der Waals surface area contributed by atoms with Gasteiger partial charge in [0.1, 0.15) is 10.6 Å². The first-order chi connectivity index (χ1) is 9.26. The molecule has 0 aliphatic carbocycles. The van der Waals surface area contributed by atoms with Crippen molar-refractivity contribution < 1.29 is 0 Å². The number of hydrogen-bond acceptors (Lipinski definition) is 7. The second-order valence-corrected chi connectivity index (χ2v) is 4.91. The number of aromatic nitrogens is 4. The van der Waals surface area contributed by atoms with E-state index >= 15 is 0 Å². The summed E-state index contributed by atoms with van der Waals surface area (Å²) in [5.41, 5.74) is 3.43. The van der Waals surface area contributed by atoms with Gasteiger partial charge in [-0.05, 0) is 17.5 Å². The Bertz CT molecular complexity index is 702. The SMILES string of the molecule is Cn1ccc(CNc2nc(NN)nc3sccc23)n1. The lowest BCUT2D eigenvalue weighted by Gasteiger charge is -2.07. The van der Waals surface area contributed by atoms with Gasteiger partial charge in [0, 0.05) is 13.2 Å². The standard InChI is InChI=1S/C11H13N7S/c1-18-4-2-7(17-18)6-13-9-8-3-5-19-10(8)15-11(14-9)16-12/h2-5H,6,12H2,1H3,(H2,13,14,15,16). The summed E-state index contributed by atoms with van der Waals surface area (Å²) in [6.45, 7) is 0.604. The first-order valence-electron chi connectivity index (χ1n) is 5.70. The number of aryl methyl sites for hydroxylation is 1. The number of thiophene rings is 1. The molecule has 0 amide bonds. The maximum Gasteiger partial charge on any atom is 0.240 e. The van der Waals surface area contributed by atoms with Crippen LogP contribution >= 0.6 is 11.3 Å². The molecule has 0 atom stereocenters. The maximum absolute atomic E-state index is 5.38. The lowest BCUT2D eigenvalue weighted by atomic mass is 10.3. The Hall–Kier alpha value is -2.19. The molecule has 0 bridgehead atoms. The number of anilines is 2. The van der Waals surface area contributed by atoms with Crippen LogP contribution < -0.4 is 16.6 Å². The van der Waals surface area contributed by atoms with E-state index in [-0.39, 0.29) is 0 Å². The molecule has 0 aliphatic rings. The fourth-order valence-corrected chi connectivity index (χ4v) is 2.55. The van der Waals surface area contributed by atoms with Crippen molar-refractivity contribution in [3.63, 3.8) is 0 Å². The smallest absolute Gasteiger partial charge is 0.240 e. The third-order valence-corrected chi connectivity index (χ3v) is 3.47. The van der Waals surface area contributed by atoms with Crippen molar-refractivity contribution in [1.82, 2.24) is 19.7 Å².